The molecule has 4 aliphatic rings. The Morgan fingerprint density at radius 2 is 1.16 bits per heavy atom. The fourth-order valence-corrected chi connectivity index (χ4v) is 6.16. The van der Waals surface area contributed by atoms with Gasteiger partial charge in [-0.3, -0.25) is 9.59 Å². The molecule has 0 aliphatic carbocycles. The summed E-state index contributed by atoms with van der Waals surface area (Å²) in [6.45, 7) is 7.20. The summed E-state index contributed by atoms with van der Waals surface area (Å²) in [5, 5.41) is 0. The number of amides is 2. The topological polar surface area (TPSA) is 59.1 Å². The lowest BCUT2D eigenvalue weighted by Gasteiger charge is -2.34. The second-order valence-electron chi connectivity index (χ2n) is 10.5. The van der Waals surface area contributed by atoms with Gasteiger partial charge in [0.2, 0.25) is 11.8 Å². The van der Waals surface area contributed by atoms with Gasteiger partial charge < -0.3 is 19.3 Å². The summed E-state index contributed by atoms with van der Waals surface area (Å²) >= 11 is 0. The van der Waals surface area contributed by atoms with Crippen LogP contribution >= 0.6 is 0 Å². The Kier molecular flexibility index (Phi) is 8.65. The zero-order valence-corrected chi connectivity index (χ0v) is 19.3. The van der Waals surface area contributed by atoms with Crippen LogP contribution in [-0.4, -0.2) is 74.2 Å². The van der Waals surface area contributed by atoms with E-state index in [0.717, 1.165) is 65.4 Å². The summed E-state index contributed by atoms with van der Waals surface area (Å²) in [5.74, 6) is 3.12. The van der Waals surface area contributed by atoms with Crippen molar-refractivity contribution in [2.75, 3.05) is 52.6 Å². The van der Waals surface area contributed by atoms with E-state index in [9.17, 15) is 9.59 Å². The fourth-order valence-electron chi connectivity index (χ4n) is 6.16. The first-order chi connectivity index (χ1) is 15.2. The van der Waals surface area contributed by atoms with Crippen LogP contribution in [0.25, 0.3) is 0 Å². The van der Waals surface area contributed by atoms with Crippen LogP contribution in [0.3, 0.4) is 0 Å². The Hall–Kier alpha value is -1.14. The lowest BCUT2D eigenvalue weighted by Crippen LogP contribution is -2.41. The number of rotatable bonds is 8. The molecule has 6 heteroatoms. The normalized spacial score (nSPS) is 31.9. The molecule has 0 aromatic rings. The van der Waals surface area contributed by atoms with Crippen molar-refractivity contribution in [1.29, 1.82) is 0 Å². The molecule has 4 fully saturated rings. The van der Waals surface area contributed by atoms with Gasteiger partial charge in [-0.25, -0.2) is 0 Å². The number of hydrogen-bond donors (Lipinski definition) is 0. The molecule has 4 aliphatic heterocycles. The molecule has 0 aromatic carbocycles. The number of piperidine rings is 2. The Bertz CT molecular complexity index is 536. The number of ether oxygens (including phenoxy) is 2. The van der Waals surface area contributed by atoms with E-state index < -0.39 is 0 Å². The van der Waals surface area contributed by atoms with Crippen molar-refractivity contribution in [3.8, 4) is 0 Å². The first-order valence-electron chi connectivity index (χ1n) is 12.9. The Morgan fingerprint density at radius 1 is 0.677 bits per heavy atom. The first-order valence-corrected chi connectivity index (χ1v) is 12.9. The van der Waals surface area contributed by atoms with E-state index in [1.165, 1.54) is 38.5 Å². The van der Waals surface area contributed by atoms with Gasteiger partial charge in [-0.05, 0) is 81.5 Å². The maximum atomic E-state index is 12.7. The third kappa shape index (κ3) is 6.92. The quantitative estimate of drug-likeness (QED) is 0.587. The van der Waals surface area contributed by atoms with Crippen molar-refractivity contribution in [1.82, 2.24) is 9.80 Å². The van der Waals surface area contributed by atoms with Gasteiger partial charge in [0, 0.05) is 65.4 Å². The van der Waals surface area contributed by atoms with Gasteiger partial charge in [0.05, 0.1) is 0 Å². The van der Waals surface area contributed by atoms with Crippen molar-refractivity contribution in [3.05, 3.63) is 0 Å². The molecule has 4 saturated heterocycles. The van der Waals surface area contributed by atoms with Gasteiger partial charge in [0.25, 0.3) is 0 Å². The molecule has 0 radical (unpaired) electrons. The summed E-state index contributed by atoms with van der Waals surface area (Å²) < 4.78 is 11.0. The highest BCUT2D eigenvalue weighted by atomic mass is 16.5. The predicted molar refractivity (Wildman–Crippen MR) is 120 cm³/mol. The van der Waals surface area contributed by atoms with Crippen LogP contribution < -0.4 is 0 Å². The van der Waals surface area contributed by atoms with Crippen molar-refractivity contribution in [2.24, 2.45) is 23.7 Å². The van der Waals surface area contributed by atoms with Crippen LogP contribution in [0.2, 0.25) is 0 Å². The third-order valence-electron chi connectivity index (χ3n) is 7.91. The fraction of sp³-hybridized carbons (Fsp3) is 0.920. The number of carbonyl (C=O) groups is 2. The highest BCUT2D eigenvalue weighted by Crippen LogP contribution is 2.29. The number of hydrogen-bond acceptors (Lipinski definition) is 4. The second kappa shape index (κ2) is 11.6. The monoisotopic (exact) mass is 434 g/mol. The van der Waals surface area contributed by atoms with Gasteiger partial charge in [-0.1, -0.05) is 0 Å². The molecule has 0 aromatic heterocycles. The van der Waals surface area contributed by atoms with E-state index in [0.29, 0.717) is 42.9 Å². The van der Waals surface area contributed by atoms with E-state index in [2.05, 4.69) is 9.80 Å². The largest absolute Gasteiger partial charge is 0.381 e. The minimum Gasteiger partial charge on any atom is -0.381 e. The van der Waals surface area contributed by atoms with Crippen molar-refractivity contribution >= 4 is 11.8 Å². The van der Waals surface area contributed by atoms with Gasteiger partial charge in [0.15, 0.2) is 0 Å². The van der Waals surface area contributed by atoms with Crippen LogP contribution in [-0.2, 0) is 19.1 Å². The molecular weight excluding hydrogens is 392 g/mol. The molecule has 4 unspecified atom stereocenters. The summed E-state index contributed by atoms with van der Waals surface area (Å²) in [6.07, 6.45) is 11.2. The SMILES string of the molecule is O=C(CCCC(=O)N1CCCC(CC2CCOC2)C1)N1CCCC(CC2CCOC2)C1. The average molecular weight is 435 g/mol. The Morgan fingerprint density at radius 3 is 1.58 bits per heavy atom. The molecule has 6 nitrogen and oxygen atoms in total. The molecule has 31 heavy (non-hydrogen) atoms. The predicted octanol–water partition coefficient (Wildman–Crippen LogP) is 3.49. The molecule has 0 N–H and O–H groups in total. The minimum absolute atomic E-state index is 0.248. The molecule has 4 rings (SSSR count). The van der Waals surface area contributed by atoms with Crippen LogP contribution in [0, 0.1) is 23.7 Å². The van der Waals surface area contributed by atoms with Gasteiger partial charge in [-0.2, -0.15) is 0 Å². The summed E-state index contributed by atoms with van der Waals surface area (Å²) in [7, 11) is 0. The van der Waals surface area contributed by atoms with Gasteiger partial charge in [-0.15, -0.1) is 0 Å². The molecule has 0 spiro atoms. The molecule has 4 atom stereocenters. The average Bonchev–Trinajstić information content (AvgIpc) is 3.48. The molecule has 0 saturated carbocycles. The maximum Gasteiger partial charge on any atom is 0.222 e. The smallest absolute Gasteiger partial charge is 0.222 e. The van der Waals surface area contributed by atoms with E-state index in [4.69, 9.17) is 9.47 Å². The molecule has 176 valence electrons. The third-order valence-corrected chi connectivity index (χ3v) is 7.91. The highest BCUT2D eigenvalue weighted by molar-refractivity contribution is 5.79. The van der Waals surface area contributed by atoms with Gasteiger partial charge >= 0.3 is 0 Å². The lowest BCUT2D eigenvalue weighted by atomic mass is 9.87. The summed E-state index contributed by atoms with van der Waals surface area (Å²) in [6, 6.07) is 0. The molecule has 0 bridgehead atoms. The van der Waals surface area contributed by atoms with Crippen LogP contribution in [0.15, 0.2) is 0 Å². The first kappa shape index (κ1) is 23.0. The van der Waals surface area contributed by atoms with E-state index in [1.807, 2.05) is 0 Å². The number of carbonyl (C=O) groups excluding carboxylic acids is 2. The number of nitrogens with zero attached hydrogens (tertiary/aromatic N) is 2. The summed E-state index contributed by atoms with van der Waals surface area (Å²) in [5.41, 5.74) is 0. The van der Waals surface area contributed by atoms with Crippen molar-refractivity contribution in [2.45, 2.75) is 70.6 Å². The zero-order valence-electron chi connectivity index (χ0n) is 19.3. The van der Waals surface area contributed by atoms with Crippen molar-refractivity contribution in [3.63, 3.8) is 0 Å². The van der Waals surface area contributed by atoms with Gasteiger partial charge in [0.1, 0.15) is 0 Å². The molecule has 4 heterocycles. The van der Waals surface area contributed by atoms with Crippen LogP contribution in [0.5, 0.6) is 0 Å². The maximum absolute atomic E-state index is 12.7. The van der Waals surface area contributed by atoms with Crippen molar-refractivity contribution < 1.29 is 19.1 Å². The summed E-state index contributed by atoms with van der Waals surface area (Å²) in [4.78, 5) is 29.6. The Balaban J connectivity index is 1.13. The Labute approximate surface area is 188 Å². The molecule has 2 amide bonds. The van der Waals surface area contributed by atoms with E-state index in [1.54, 1.807) is 0 Å². The molecular formula is C25H42N2O4. The second-order valence-corrected chi connectivity index (χ2v) is 10.5. The highest BCUT2D eigenvalue weighted by Gasteiger charge is 2.29. The lowest BCUT2D eigenvalue weighted by molar-refractivity contribution is -0.134. The number of likely N-dealkylation sites (tertiary alicyclic amines) is 2. The standard InChI is InChI=1S/C25H42N2O4/c28-24(26-10-2-4-20(16-26)14-22-8-12-30-18-22)6-1-7-25(29)27-11-3-5-21(17-27)15-23-9-13-31-19-23/h20-23H,1-19H2. The van der Waals surface area contributed by atoms with E-state index in [-0.39, 0.29) is 11.8 Å². The minimum atomic E-state index is 0.248. The zero-order chi connectivity index (χ0) is 21.5. The van der Waals surface area contributed by atoms with Crippen LogP contribution in [0.1, 0.15) is 70.6 Å². The van der Waals surface area contributed by atoms with E-state index >= 15 is 0 Å². The van der Waals surface area contributed by atoms with Crippen LogP contribution in [0.4, 0.5) is 0 Å².